The van der Waals surface area contributed by atoms with Crippen molar-refractivity contribution in [2.24, 2.45) is 0 Å². The third-order valence-corrected chi connectivity index (χ3v) is 4.36. The van der Waals surface area contributed by atoms with E-state index in [1.54, 1.807) is 12.1 Å². The van der Waals surface area contributed by atoms with Crippen LogP contribution >= 0.6 is 0 Å². The molecule has 0 fully saturated rings. The fourth-order valence-corrected chi connectivity index (χ4v) is 2.70. The van der Waals surface area contributed by atoms with Gasteiger partial charge in [0.2, 0.25) is 10.0 Å². The molecule has 8 nitrogen and oxygen atoms in total. The largest absolute Gasteiger partial charge is 0.481 e. The highest BCUT2D eigenvalue weighted by molar-refractivity contribution is 7.89. The second-order valence-corrected chi connectivity index (χ2v) is 6.66. The van der Waals surface area contributed by atoms with Crippen LogP contribution in [0.2, 0.25) is 0 Å². The van der Waals surface area contributed by atoms with E-state index in [0.717, 1.165) is 5.56 Å². The van der Waals surface area contributed by atoms with Crippen molar-refractivity contribution in [3.8, 4) is 0 Å². The first-order valence-electron chi connectivity index (χ1n) is 7.11. The first-order valence-corrected chi connectivity index (χ1v) is 8.59. The number of benzene rings is 1. The Morgan fingerprint density at radius 1 is 1.04 bits per heavy atom. The van der Waals surface area contributed by atoms with E-state index in [1.807, 2.05) is 6.92 Å². The van der Waals surface area contributed by atoms with E-state index in [-0.39, 0.29) is 31.0 Å². The molecule has 1 aromatic carbocycles. The van der Waals surface area contributed by atoms with Gasteiger partial charge < -0.3 is 15.7 Å². The number of carbonyl (C=O) groups is 2. The molecular formula is C14H21N3O5S. The van der Waals surface area contributed by atoms with Crippen molar-refractivity contribution in [1.82, 2.24) is 15.4 Å². The quantitative estimate of drug-likeness (QED) is 0.484. The molecule has 0 unspecified atom stereocenters. The molecule has 128 valence electrons. The predicted octanol–water partition coefficient (Wildman–Crippen LogP) is 0.437. The van der Waals surface area contributed by atoms with Crippen LogP contribution in [-0.4, -0.2) is 45.2 Å². The average molecular weight is 343 g/mol. The van der Waals surface area contributed by atoms with Gasteiger partial charge in [-0.05, 0) is 25.5 Å². The van der Waals surface area contributed by atoms with Gasteiger partial charge in [-0.25, -0.2) is 17.9 Å². The summed E-state index contributed by atoms with van der Waals surface area (Å²) in [6.07, 6.45) is 0.319. The van der Waals surface area contributed by atoms with Crippen LogP contribution in [0.1, 0.15) is 18.4 Å². The molecule has 0 atom stereocenters. The molecule has 0 aliphatic heterocycles. The minimum atomic E-state index is -3.59. The minimum Gasteiger partial charge on any atom is -0.481 e. The van der Waals surface area contributed by atoms with Crippen LogP contribution < -0.4 is 15.4 Å². The molecule has 1 aromatic rings. The van der Waals surface area contributed by atoms with E-state index in [1.165, 1.54) is 12.1 Å². The molecule has 23 heavy (non-hydrogen) atoms. The summed E-state index contributed by atoms with van der Waals surface area (Å²) in [7, 11) is -3.59. The van der Waals surface area contributed by atoms with Crippen molar-refractivity contribution < 1.29 is 23.1 Å². The lowest BCUT2D eigenvalue weighted by molar-refractivity contribution is -0.137. The zero-order valence-electron chi connectivity index (χ0n) is 12.8. The molecule has 0 heterocycles. The Labute approximate surface area is 135 Å². The molecule has 0 aliphatic carbocycles. The van der Waals surface area contributed by atoms with Crippen LogP contribution in [0.4, 0.5) is 4.79 Å². The minimum absolute atomic E-state index is 0.0172. The fraction of sp³-hybridized carbons (Fsp3) is 0.429. The number of hydrogen-bond donors (Lipinski definition) is 4. The standard InChI is InChI=1S/C14H21N3O5S/c1-11-4-6-12(7-5-11)23(21,22)17-10-9-16-14(20)15-8-2-3-13(18)19/h4-7,17H,2-3,8-10H2,1H3,(H,18,19)(H2,15,16,20). The highest BCUT2D eigenvalue weighted by Gasteiger charge is 2.12. The maximum atomic E-state index is 12.0. The molecule has 1 rings (SSSR count). The third kappa shape index (κ3) is 7.61. The second-order valence-electron chi connectivity index (χ2n) is 4.89. The summed E-state index contributed by atoms with van der Waals surface area (Å²) in [5, 5.41) is 13.4. The van der Waals surface area contributed by atoms with Gasteiger partial charge in [-0.2, -0.15) is 0 Å². The molecule has 2 amide bonds. The molecule has 0 aliphatic rings. The maximum absolute atomic E-state index is 12.0. The summed E-state index contributed by atoms with van der Waals surface area (Å²) in [5.74, 6) is -0.919. The lowest BCUT2D eigenvalue weighted by atomic mass is 10.2. The van der Waals surface area contributed by atoms with Crippen LogP contribution in [0.5, 0.6) is 0 Å². The van der Waals surface area contributed by atoms with E-state index in [4.69, 9.17) is 5.11 Å². The van der Waals surface area contributed by atoms with Gasteiger partial charge in [0.25, 0.3) is 0 Å². The number of sulfonamides is 1. The van der Waals surface area contributed by atoms with Crippen molar-refractivity contribution in [3.05, 3.63) is 29.8 Å². The molecule has 4 N–H and O–H groups in total. The number of hydrogen-bond acceptors (Lipinski definition) is 4. The molecule has 9 heteroatoms. The van der Waals surface area contributed by atoms with Crippen molar-refractivity contribution in [2.75, 3.05) is 19.6 Å². The Morgan fingerprint density at radius 3 is 2.26 bits per heavy atom. The number of amides is 2. The lowest BCUT2D eigenvalue weighted by Gasteiger charge is -2.09. The number of carboxylic acid groups (broad SMARTS) is 1. The molecule has 0 saturated heterocycles. The van der Waals surface area contributed by atoms with Gasteiger partial charge in [0, 0.05) is 26.1 Å². The van der Waals surface area contributed by atoms with E-state index in [0.29, 0.717) is 6.42 Å². The van der Waals surface area contributed by atoms with Gasteiger partial charge in [-0.3, -0.25) is 4.79 Å². The van der Waals surface area contributed by atoms with Crippen LogP contribution in [0, 0.1) is 6.92 Å². The van der Waals surface area contributed by atoms with Crippen LogP contribution in [-0.2, 0) is 14.8 Å². The number of rotatable bonds is 9. The smallest absolute Gasteiger partial charge is 0.314 e. The highest BCUT2D eigenvalue weighted by atomic mass is 32.2. The summed E-state index contributed by atoms with van der Waals surface area (Å²) in [6, 6.07) is 5.97. The topological polar surface area (TPSA) is 125 Å². The zero-order chi connectivity index (χ0) is 17.3. The summed E-state index contributed by atoms with van der Waals surface area (Å²) >= 11 is 0. The number of urea groups is 1. The number of carboxylic acids is 1. The number of aliphatic carboxylic acids is 1. The van der Waals surface area contributed by atoms with Gasteiger partial charge in [-0.15, -0.1) is 0 Å². The predicted molar refractivity (Wildman–Crippen MR) is 84.6 cm³/mol. The second kappa shape index (κ2) is 9.11. The van der Waals surface area contributed by atoms with Crippen molar-refractivity contribution in [3.63, 3.8) is 0 Å². The van der Waals surface area contributed by atoms with Crippen LogP contribution in [0.15, 0.2) is 29.2 Å². The Hall–Kier alpha value is -2.13. The Bertz CT molecular complexity index is 628. The molecule has 0 aromatic heterocycles. The maximum Gasteiger partial charge on any atom is 0.314 e. The fourth-order valence-electron chi connectivity index (χ4n) is 1.67. The molecule has 0 saturated carbocycles. The van der Waals surface area contributed by atoms with Crippen molar-refractivity contribution in [1.29, 1.82) is 0 Å². The van der Waals surface area contributed by atoms with Crippen LogP contribution in [0.3, 0.4) is 0 Å². The number of nitrogens with one attached hydrogen (secondary N) is 3. The average Bonchev–Trinajstić information content (AvgIpc) is 2.48. The normalized spacial score (nSPS) is 11.0. The van der Waals surface area contributed by atoms with E-state index in [9.17, 15) is 18.0 Å². The Kier molecular flexibility index (Phi) is 7.49. The molecule has 0 radical (unpaired) electrons. The zero-order valence-corrected chi connectivity index (χ0v) is 13.6. The molecular weight excluding hydrogens is 322 g/mol. The van der Waals surface area contributed by atoms with Gasteiger partial charge >= 0.3 is 12.0 Å². The Morgan fingerprint density at radius 2 is 1.65 bits per heavy atom. The van der Waals surface area contributed by atoms with E-state index in [2.05, 4.69) is 15.4 Å². The van der Waals surface area contributed by atoms with Gasteiger partial charge in [-0.1, -0.05) is 17.7 Å². The van der Waals surface area contributed by atoms with E-state index < -0.39 is 22.0 Å². The van der Waals surface area contributed by atoms with Gasteiger partial charge in [0.05, 0.1) is 4.90 Å². The number of aryl methyl sites for hydroxylation is 1. The van der Waals surface area contributed by atoms with Gasteiger partial charge in [0.1, 0.15) is 0 Å². The summed E-state index contributed by atoms with van der Waals surface area (Å²) in [6.45, 7) is 2.28. The molecule has 0 bridgehead atoms. The monoisotopic (exact) mass is 343 g/mol. The highest BCUT2D eigenvalue weighted by Crippen LogP contribution is 2.09. The first kappa shape index (κ1) is 18.9. The van der Waals surface area contributed by atoms with Crippen molar-refractivity contribution >= 4 is 22.0 Å². The third-order valence-electron chi connectivity index (χ3n) is 2.89. The Balaban J connectivity index is 2.24. The van der Waals surface area contributed by atoms with Crippen molar-refractivity contribution in [2.45, 2.75) is 24.7 Å². The number of carbonyl (C=O) groups excluding carboxylic acids is 1. The summed E-state index contributed by atoms with van der Waals surface area (Å²) in [5.41, 5.74) is 0.963. The summed E-state index contributed by atoms with van der Waals surface area (Å²) in [4.78, 5) is 21.8. The lowest BCUT2D eigenvalue weighted by Crippen LogP contribution is -2.40. The first-order chi connectivity index (χ1) is 10.8. The van der Waals surface area contributed by atoms with Crippen LogP contribution in [0.25, 0.3) is 0 Å². The summed E-state index contributed by atoms with van der Waals surface area (Å²) < 4.78 is 26.3. The molecule has 0 spiro atoms. The van der Waals surface area contributed by atoms with Gasteiger partial charge in [0.15, 0.2) is 0 Å². The SMILES string of the molecule is Cc1ccc(S(=O)(=O)NCCNC(=O)NCCCC(=O)O)cc1. The van der Waals surface area contributed by atoms with E-state index >= 15 is 0 Å².